The summed E-state index contributed by atoms with van der Waals surface area (Å²) < 4.78 is 0. The summed E-state index contributed by atoms with van der Waals surface area (Å²) in [5, 5.41) is 37.8. The number of hydrazone groups is 1. The van der Waals surface area contributed by atoms with Crippen molar-refractivity contribution in [1.29, 1.82) is 0 Å². The van der Waals surface area contributed by atoms with Crippen LogP contribution in [0.2, 0.25) is 0 Å². The number of aromatic nitrogens is 2. The van der Waals surface area contributed by atoms with Gasteiger partial charge in [-0.05, 0) is 42.5 Å². The number of thiocarbonyl (C=S) groups is 1. The normalized spacial score (nSPS) is 16.5. The molecular weight excluding hydrogens is 476 g/mol. The maximum atomic E-state index is 9.77. The Bertz CT molecular complexity index is 1060. The first-order valence-electron chi connectivity index (χ1n) is 10.7. The molecule has 0 amide bonds. The summed E-state index contributed by atoms with van der Waals surface area (Å²) in [5.41, 5.74) is 7.90. The number of piperazine rings is 1. The van der Waals surface area contributed by atoms with Gasteiger partial charge >= 0.3 is 11.9 Å². The lowest BCUT2D eigenvalue weighted by molar-refractivity contribution is -0.165. The molecule has 1 aliphatic carbocycles. The molecule has 5 N–H and O–H groups in total. The third kappa shape index (κ3) is 6.54. The van der Waals surface area contributed by atoms with Crippen molar-refractivity contribution in [3.8, 4) is 0 Å². The Labute approximate surface area is 206 Å². The van der Waals surface area contributed by atoms with Crippen LogP contribution in [0.1, 0.15) is 22.5 Å². The minimum Gasteiger partial charge on any atom is -0.479 e. The Morgan fingerprint density at radius 3 is 1.91 bits per heavy atom. The zero-order valence-electron chi connectivity index (χ0n) is 18.9. The summed E-state index contributed by atoms with van der Waals surface area (Å²) in [7, 11) is 2.13. The first-order chi connectivity index (χ1) is 16.7. The van der Waals surface area contributed by atoms with Crippen LogP contribution in [0.15, 0.2) is 41.8 Å². The van der Waals surface area contributed by atoms with Crippen LogP contribution in [0.25, 0.3) is 0 Å². The van der Waals surface area contributed by atoms with Gasteiger partial charge in [0.05, 0.1) is 11.4 Å². The molecule has 13 heteroatoms. The van der Waals surface area contributed by atoms with Crippen LogP contribution in [0.4, 0.5) is 0 Å². The maximum Gasteiger partial charge on any atom is 0.335 e. The van der Waals surface area contributed by atoms with Gasteiger partial charge in [0.25, 0.3) is 0 Å². The molecule has 1 saturated heterocycles. The number of rotatable bonds is 4. The number of pyridine rings is 2. The number of carboxylic acid groups (broad SMARTS) is 2. The quantitative estimate of drug-likeness (QED) is 0.221. The predicted molar refractivity (Wildman–Crippen MR) is 129 cm³/mol. The van der Waals surface area contributed by atoms with E-state index < -0.39 is 24.1 Å². The molecule has 0 saturated carbocycles. The second-order valence-corrected chi connectivity index (χ2v) is 8.32. The number of carboxylic acids is 2. The largest absolute Gasteiger partial charge is 0.479 e. The molecule has 0 radical (unpaired) electrons. The molecule has 2 atom stereocenters. The number of aliphatic carboxylic acids is 2. The first-order valence-corrected chi connectivity index (χ1v) is 11.1. The van der Waals surface area contributed by atoms with Gasteiger partial charge in [0.15, 0.2) is 17.3 Å². The summed E-state index contributed by atoms with van der Waals surface area (Å²) >= 11 is 5.53. The van der Waals surface area contributed by atoms with E-state index in [0.717, 1.165) is 60.8 Å². The first kappa shape index (κ1) is 26.1. The van der Waals surface area contributed by atoms with E-state index in [-0.39, 0.29) is 0 Å². The number of nitrogens with zero attached hydrogens (tertiary/aromatic N) is 5. The molecule has 0 spiro atoms. The number of hydrogen-bond acceptors (Lipinski definition) is 9. The maximum absolute atomic E-state index is 9.77. The molecule has 35 heavy (non-hydrogen) atoms. The van der Waals surface area contributed by atoms with Gasteiger partial charge in [-0.3, -0.25) is 15.4 Å². The van der Waals surface area contributed by atoms with E-state index in [9.17, 15) is 9.59 Å². The number of nitrogens with one attached hydrogen (secondary N) is 1. The Morgan fingerprint density at radius 1 is 0.971 bits per heavy atom. The lowest BCUT2D eigenvalue weighted by Gasteiger charge is -2.33. The van der Waals surface area contributed by atoms with E-state index in [0.29, 0.717) is 5.11 Å². The average molecular weight is 503 g/mol. The van der Waals surface area contributed by atoms with E-state index in [1.807, 2.05) is 12.1 Å². The molecule has 4 rings (SSSR count). The number of aliphatic hydroxyl groups excluding tert-OH is 2. The van der Waals surface area contributed by atoms with Gasteiger partial charge in [-0.15, -0.1) is 0 Å². The highest BCUT2D eigenvalue weighted by Gasteiger charge is 2.29. The van der Waals surface area contributed by atoms with E-state index in [2.05, 4.69) is 49.5 Å². The van der Waals surface area contributed by atoms with Gasteiger partial charge in [-0.2, -0.15) is 5.10 Å². The van der Waals surface area contributed by atoms with Gasteiger partial charge in [0.1, 0.15) is 5.71 Å². The minimum absolute atomic E-state index is 0.654. The highest BCUT2D eigenvalue weighted by molar-refractivity contribution is 7.80. The van der Waals surface area contributed by atoms with Crippen molar-refractivity contribution in [1.82, 2.24) is 25.2 Å². The molecule has 2 unspecified atom stereocenters. The lowest BCUT2D eigenvalue weighted by atomic mass is 9.91. The van der Waals surface area contributed by atoms with Crippen molar-refractivity contribution < 1.29 is 30.0 Å². The molecule has 3 heterocycles. The van der Waals surface area contributed by atoms with Crippen LogP contribution < -0.4 is 5.43 Å². The van der Waals surface area contributed by atoms with E-state index >= 15 is 0 Å². The third-order valence-corrected chi connectivity index (χ3v) is 5.82. The summed E-state index contributed by atoms with van der Waals surface area (Å²) in [6.07, 6.45) is -0.119. The number of carbonyl (C=O) groups is 2. The summed E-state index contributed by atoms with van der Waals surface area (Å²) in [6, 6.07) is 8.10. The van der Waals surface area contributed by atoms with Crippen molar-refractivity contribution in [2.24, 2.45) is 5.10 Å². The molecule has 1 fully saturated rings. The Kier molecular flexibility index (Phi) is 8.76. The smallest absolute Gasteiger partial charge is 0.335 e. The van der Waals surface area contributed by atoms with Gasteiger partial charge in [-0.25, -0.2) is 9.59 Å². The Morgan fingerprint density at radius 2 is 1.46 bits per heavy atom. The summed E-state index contributed by atoms with van der Waals surface area (Å²) in [4.78, 5) is 33.0. The molecule has 1 aliphatic heterocycles. The van der Waals surface area contributed by atoms with Crippen molar-refractivity contribution in [3.63, 3.8) is 0 Å². The van der Waals surface area contributed by atoms with Crippen LogP contribution in [0.3, 0.4) is 0 Å². The van der Waals surface area contributed by atoms with Crippen molar-refractivity contribution in [2.75, 3.05) is 33.2 Å². The van der Waals surface area contributed by atoms with Gasteiger partial charge < -0.3 is 30.2 Å². The fourth-order valence-corrected chi connectivity index (χ4v) is 3.69. The average Bonchev–Trinajstić information content (AvgIpc) is 2.86. The Balaban J connectivity index is 0.000000292. The zero-order valence-corrected chi connectivity index (χ0v) is 19.7. The molecule has 2 aromatic heterocycles. The van der Waals surface area contributed by atoms with Crippen molar-refractivity contribution >= 4 is 35.0 Å². The molecule has 12 nitrogen and oxygen atoms in total. The lowest BCUT2D eigenvalue weighted by Crippen LogP contribution is -2.49. The molecular formula is C22H26N6O6S. The fourth-order valence-electron chi connectivity index (χ4n) is 3.47. The number of hydrogen-bond donors (Lipinski definition) is 5. The monoisotopic (exact) mass is 502 g/mol. The topological polar surface area (TPSA) is 172 Å². The molecule has 0 aromatic carbocycles. The van der Waals surface area contributed by atoms with Crippen LogP contribution in [-0.2, 0) is 16.0 Å². The molecule has 2 aromatic rings. The summed E-state index contributed by atoms with van der Waals surface area (Å²) in [5.74, 6) is -3.54. The Hall–Kier alpha value is -3.52. The molecule has 2 aliphatic rings. The van der Waals surface area contributed by atoms with E-state index in [4.69, 9.17) is 32.6 Å². The van der Waals surface area contributed by atoms with Crippen LogP contribution >= 0.6 is 12.2 Å². The second kappa shape index (κ2) is 11.8. The fraction of sp³-hybridized carbons (Fsp3) is 0.364. The second-order valence-electron chi connectivity index (χ2n) is 7.93. The van der Waals surface area contributed by atoms with Crippen LogP contribution in [0.5, 0.6) is 0 Å². The number of likely N-dealkylation sites (N-methyl/N-ethyl adjacent to an activating group) is 1. The third-order valence-electron chi connectivity index (χ3n) is 5.47. The highest BCUT2D eigenvalue weighted by atomic mass is 32.1. The van der Waals surface area contributed by atoms with E-state index in [1.54, 1.807) is 12.4 Å². The number of aliphatic hydroxyl groups is 2. The predicted octanol–water partition coefficient (Wildman–Crippen LogP) is -0.867. The molecule has 0 bridgehead atoms. The van der Waals surface area contributed by atoms with E-state index in [1.165, 1.54) is 0 Å². The van der Waals surface area contributed by atoms with Gasteiger partial charge in [0.2, 0.25) is 0 Å². The van der Waals surface area contributed by atoms with Gasteiger partial charge in [-0.1, -0.05) is 12.1 Å². The van der Waals surface area contributed by atoms with Crippen LogP contribution in [-0.4, -0.2) is 108 Å². The standard InChI is InChI=1S/C18H20N6S.C4H6O6/c1-23-8-10-24(11-9-23)18(25)22-21-17-15-13(4-2-6-19-15)12-14-5-3-7-20-16(14)17;5-1(3(7)8)2(6)4(9)10/h2-7H,8-12H2,1H3,(H,22,25);1-2,5-6H,(H,7,8)(H,9,10). The number of fused-ring (bicyclic) bond motifs is 2. The van der Waals surface area contributed by atoms with Crippen molar-refractivity contribution in [3.05, 3.63) is 59.2 Å². The highest BCUT2D eigenvalue weighted by Crippen LogP contribution is 2.24. The SMILES string of the molecule is CN1CCN(C(=S)NN=C2c3ncccc3Cc3cccnc32)CC1.O=C(O)C(O)C(O)C(=O)O. The zero-order chi connectivity index (χ0) is 25.5. The van der Waals surface area contributed by atoms with Crippen LogP contribution in [0, 0.1) is 0 Å². The summed E-state index contributed by atoms with van der Waals surface area (Å²) in [6.45, 7) is 3.84. The molecule has 186 valence electrons. The minimum atomic E-state index is -2.27. The van der Waals surface area contributed by atoms with Crippen molar-refractivity contribution in [2.45, 2.75) is 18.6 Å². The van der Waals surface area contributed by atoms with Gasteiger partial charge in [0, 0.05) is 45.0 Å².